The summed E-state index contributed by atoms with van der Waals surface area (Å²) in [6, 6.07) is 10.0. The van der Waals surface area contributed by atoms with E-state index in [1.54, 1.807) is 24.3 Å². The fraction of sp³-hybridized carbons (Fsp3) is 0. The van der Waals surface area contributed by atoms with Crippen molar-refractivity contribution in [3.63, 3.8) is 0 Å². The van der Waals surface area contributed by atoms with E-state index in [-0.39, 0.29) is 5.56 Å². The van der Waals surface area contributed by atoms with Gasteiger partial charge in [0, 0.05) is 6.07 Å². The molecule has 2 aromatic rings. The number of ether oxygens (including phenoxy) is 1. The minimum Gasteiger partial charge on any atom is -0.454 e. The monoisotopic (exact) mass is 213 g/mol. The predicted octanol–water partition coefficient (Wildman–Crippen LogP) is 1.43. The summed E-state index contributed by atoms with van der Waals surface area (Å²) in [6.07, 6.45) is 1.37. The number of hydrogen-bond acceptors (Lipinski definition) is 4. The second kappa shape index (κ2) is 4.28. The van der Waals surface area contributed by atoms with Crippen LogP contribution in [0.15, 0.2) is 41.3 Å². The number of aromatic amines is 1. The Labute approximate surface area is 90.9 Å². The summed E-state index contributed by atoms with van der Waals surface area (Å²) < 4.78 is 5.38. The number of para-hydroxylation sites is 1. The fourth-order valence-corrected chi connectivity index (χ4v) is 1.19. The van der Waals surface area contributed by atoms with Crippen LogP contribution in [0.4, 0.5) is 0 Å². The van der Waals surface area contributed by atoms with Gasteiger partial charge >= 0.3 is 0 Å². The Bertz CT molecular complexity index is 598. The summed E-state index contributed by atoms with van der Waals surface area (Å²) in [5.41, 5.74) is 0.0507. The lowest BCUT2D eigenvalue weighted by molar-refractivity contribution is 0.476. The van der Waals surface area contributed by atoms with Gasteiger partial charge in [0.25, 0.3) is 5.56 Å². The van der Waals surface area contributed by atoms with Crippen molar-refractivity contribution in [3.8, 4) is 17.6 Å². The minimum absolute atomic E-state index is 0.298. The Morgan fingerprint density at radius 1 is 1.38 bits per heavy atom. The maximum Gasteiger partial charge on any atom is 0.267 e. The highest BCUT2D eigenvalue weighted by atomic mass is 16.5. The molecule has 0 aliphatic rings. The first-order valence-corrected chi connectivity index (χ1v) is 4.51. The first kappa shape index (κ1) is 9.93. The molecule has 0 fully saturated rings. The molecule has 0 amide bonds. The number of H-pyrrole nitrogens is 1. The van der Waals surface area contributed by atoms with Gasteiger partial charge in [-0.1, -0.05) is 12.1 Å². The normalized spacial score (nSPS) is 9.44. The Morgan fingerprint density at radius 3 is 2.94 bits per heavy atom. The highest BCUT2D eigenvalue weighted by Crippen LogP contribution is 2.22. The molecule has 0 aliphatic carbocycles. The molecule has 0 aliphatic heterocycles. The second-order valence-corrected chi connectivity index (χ2v) is 2.99. The molecule has 1 heterocycles. The van der Waals surface area contributed by atoms with Gasteiger partial charge in [0.05, 0.1) is 11.8 Å². The number of aromatic nitrogens is 2. The Morgan fingerprint density at radius 2 is 2.19 bits per heavy atom. The molecule has 16 heavy (non-hydrogen) atoms. The van der Waals surface area contributed by atoms with Gasteiger partial charge in [0.1, 0.15) is 11.8 Å². The largest absolute Gasteiger partial charge is 0.454 e. The maximum absolute atomic E-state index is 11.0. The number of rotatable bonds is 2. The van der Waals surface area contributed by atoms with E-state index in [0.717, 1.165) is 0 Å². The van der Waals surface area contributed by atoms with E-state index in [1.807, 2.05) is 6.07 Å². The standard InChI is InChI=1S/C11H7N3O2/c12-6-8-3-1-2-4-10(8)16-9-5-11(15)14-13-7-9/h1-5,7H,(H,14,15). The third kappa shape index (κ3) is 2.07. The van der Waals surface area contributed by atoms with Crippen molar-refractivity contribution in [2.24, 2.45) is 0 Å². The Balaban J connectivity index is 2.35. The second-order valence-electron chi connectivity index (χ2n) is 2.99. The van der Waals surface area contributed by atoms with Gasteiger partial charge in [-0.15, -0.1) is 0 Å². The van der Waals surface area contributed by atoms with E-state index in [9.17, 15) is 4.79 Å². The average Bonchev–Trinajstić information content (AvgIpc) is 2.30. The van der Waals surface area contributed by atoms with Gasteiger partial charge in [-0.25, -0.2) is 5.10 Å². The summed E-state index contributed by atoms with van der Waals surface area (Å²) >= 11 is 0. The van der Waals surface area contributed by atoms with Crippen LogP contribution >= 0.6 is 0 Å². The molecule has 78 valence electrons. The SMILES string of the molecule is N#Cc1ccccc1Oc1cn[nH]c(=O)c1. The van der Waals surface area contributed by atoms with Crippen LogP contribution in [0.5, 0.6) is 11.5 Å². The first-order valence-electron chi connectivity index (χ1n) is 4.51. The Kier molecular flexibility index (Phi) is 2.65. The van der Waals surface area contributed by atoms with Crippen molar-refractivity contribution in [2.45, 2.75) is 0 Å². The molecule has 0 saturated carbocycles. The van der Waals surface area contributed by atoms with Crippen LogP contribution in [-0.4, -0.2) is 10.2 Å². The molecule has 0 bridgehead atoms. The highest BCUT2D eigenvalue weighted by Gasteiger charge is 2.03. The third-order valence-electron chi connectivity index (χ3n) is 1.88. The molecule has 1 aromatic heterocycles. The average molecular weight is 213 g/mol. The van der Waals surface area contributed by atoms with Crippen molar-refractivity contribution in [2.75, 3.05) is 0 Å². The van der Waals surface area contributed by atoms with Crippen LogP contribution in [0.3, 0.4) is 0 Å². The smallest absolute Gasteiger partial charge is 0.267 e. The van der Waals surface area contributed by atoms with Crippen molar-refractivity contribution >= 4 is 0 Å². The molecular formula is C11H7N3O2. The van der Waals surface area contributed by atoms with Gasteiger partial charge in [-0.05, 0) is 12.1 Å². The van der Waals surface area contributed by atoms with Crippen molar-refractivity contribution in [1.82, 2.24) is 10.2 Å². The van der Waals surface area contributed by atoms with Crippen molar-refractivity contribution < 1.29 is 4.74 Å². The molecule has 0 radical (unpaired) electrons. The maximum atomic E-state index is 11.0. The first-order chi connectivity index (χ1) is 7.79. The van der Waals surface area contributed by atoms with Crippen LogP contribution in [-0.2, 0) is 0 Å². The lowest BCUT2D eigenvalue weighted by atomic mass is 10.2. The molecule has 1 aromatic carbocycles. The quantitative estimate of drug-likeness (QED) is 0.818. The Hall–Kier alpha value is -2.61. The summed E-state index contributed by atoms with van der Waals surface area (Å²) in [4.78, 5) is 11.0. The lowest BCUT2D eigenvalue weighted by Gasteiger charge is -2.05. The van der Waals surface area contributed by atoms with E-state index < -0.39 is 0 Å². The zero-order valence-electron chi connectivity index (χ0n) is 8.18. The van der Waals surface area contributed by atoms with Crippen molar-refractivity contribution in [1.29, 1.82) is 5.26 Å². The molecule has 0 unspecified atom stereocenters. The molecule has 1 N–H and O–H groups in total. The number of nitrogens with one attached hydrogen (secondary N) is 1. The summed E-state index contributed by atoms with van der Waals surface area (Å²) in [5.74, 6) is 0.698. The van der Waals surface area contributed by atoms with Gasteiger partial charge in [-0.2, -0.15) is 10.4 Å². The molecule has 5 heteroatoms. The highest BCUT2D eigenvalue weighted by molar-refractivity contribution is 5.44. The molecule has 2 rings (SSSR count). The lowest BCUT2D eigenvalue weighted by Crippen LogP contribution is -2.05. The third-order valence-corrected chi connectivity index (χ3v) is 1.88. The number of nitriles is 1. The minimum atomic E-state index is -0.355. The zero-order valence-corrected chi connectivity index (χ0v) is 8.18. The summed E-state index contributed by atoms with van der Waals surface area (Å²) in [7, 11) is 0. The topological polar surface area (TPSA) is 78.8 Å². The number of hydrogen-bond donors (Lipinski definition) is 1. The van der Waals surface area contributed by atoms with Gasteiger partial charge in [0.15, 0.2) is 5.75 Å². The van der Waals surface area contributed by atoms with Gasteiger partial charge in [-0.3, -0.25) is 4.79 Å². The van der Waals surface area contributed by atoms with Crippen LogP contribution in [0.2, 0.25) is 0 Å². The van der Waals surface area contributed by atoms with Crippen molar-refractivity contribution in [3.05, 3.63) is 52.4 Å². The van der Waals surface area contributed by atoms with E-state index in [4.69, 9.17) is 10.00 Å². The zero-order chi connectivity index (χ0) is 11.4. The van der Waals surface area contributed by atoms with E-state index in [1.165, 1.54) is 12.3 Å². The van der Waals surface area contributed by atoms with Crippen LogP contribution < -0.4 is 10.3 Å². The fourth-order valence-electron chi connectivity index (χ4n) is 1.19. The molecule has 0 atom stereocenters. The summed E-state index contributed by atoms with van der Waals surface area (Å²) in [6.45, 7) is 0. The van der Waals surface area contributed by atoms with Gasteiger partial charge < -0.3 is 4.74 Å². The molecule has 0 saturated heterocycles. The molecule has 0 spiro atoms. The number of nitrogens with zero attached hydrogens (tertiary/aromatic N) is 2. The van der Waals surface area contributed by atoms with Crippen LogP contribution in [0.1, 0.15) is 5.56 Å². The number of benzene rings is 1. The van der Waals surface area contributed by atoms with E-state index in [0.29, 0.717) is 17.1 Å². The predicted molar refractivity (Wildman–Crippen MR) is 56.1 cm³/mol. The van der Waals surface area contributed by atoms with Gasteiger partial charge in [0.2, 0.25) is 0 Å². The summed E-state index contributed by atoms with van der Waals surface area (Å²) in [5, 5.41) is 14.7. The molecule has 5 nitrogen and oxygen atoms in total. The molecular weight excluding hydrogens is 206 g/mol. The van der Waals surface area contributed by atoms with E-state index in [2.05, 4.69) is 10.2 Å². The van der Waals surface area contributed by atoms with E-state index >= 15 is 0 Å². The van der Waals surface area contributed by atoms with Crippen LogP contribution in [0.25, 0.3) is 0 Å². The van der Waals surface area contributed by atoms with Crippen LogP contribution in [0, 0.1) is 11.3 Å².